The lowest BCUT2D eigenvalue weighted by Crippen LogP contribution is -2.49. The molecular formula is C23H21ClFN5O2. The minimum atomic E-state index is -1.07. The van der Waals surface area contributed by atoms with E-state index in [0.29, 0.717) is 48.1 Å². The molecule has 2 atom stereocenters. The van der Waals surface area contributed by atoms with Crippen molar-refractivity contribution in [2.45, 2.75) is 31.4 Å². The third kappa shape index (κ3) is 2.96. The molecule has 7 nitrogen and oxygen atoms in total. The summed E-state index contributed by atoms with van der Waals surface area (Å²) in [6.45, 7) is 2.90. The van der Waals surface area contributed by atoms with Gasteiger partial charge in [-0.15, -0.1) is 0 Å². The number of halogens is 2. The summed E-state index contributed by atoms with van der Waals surface area (Å²) in [5.41, 5.74) is 1.11. The summed E-state index contributed by atoms with van der Waals surface area (Å²) < 4.78 is 16.5. The van der Waals surface area contributed by atoms with Crippen LogP contribution < -0.4 is 5.32 Å². The molecule has 0 bridgehead atoms. The van der Waals surface area contributed by atoms with Crippen molar-refractivity contribution in [1.82, 2.24) is 14.7 Å². The van der Waals surface area contributed by atoms with Crippen LogP contribution in [0.25, 0.3) is 10.9 Å². The second-order valence-corrected chi connectivity index (χ2v) is 9.00. The Kier molecular flexibility index (Phi) is 4.84. The van der Waals surface area contributed by atoms with Gasteiger partial charge < -0.3 is 15.3 Å². The van der Waals surface area contributed by atoms with E-state index in [4.69, 9.17) is 16.9 Å². The number of rotatable bonds is 2. The van der Waals surface area contributed by atoms with E-state index in [0.717, 1.165) is 0 Å². The minimum Gasteiger partial charge on any atom is -0.386 e. The zero-order chi connectivity index (χ0) is 22.6. The molecule has 0 spiro atoms. The number of piperidine rings is 1. The van der Waals surface area contributed by atoms with Crippen LogP contribution in [0.4, 0.5) is 14.9 Å². The number of hydrogen-bond donors (Lipinski definition) is 2. The molecule has 9 heteroatoms. The summed E-state index contributed by atoms with van der Waals surface area (Å²) in [4.78, 5) is 14.4. The fourth-order valence-corrected chi connectivity index (χ4v) is 5.30. The van der Waals surface area contributed by atoms with Gasteiger partial charge in [0.2, 0.25) is 0 Å². The smallest absolute Gasteiger partial charge is 0.321 e. The molecule has 1 aromatic heterocycles. The fraction of sp³-hybridized carbons (Fsp3) is 0.348. The van der Waals surface area contributed by atoms with Crippen molar-refractivity contribution in [1.29, 1.82) is 5.26 Å². The number of aliphatic hydroxyl groups is 1. The number of nitrogens with zero attached hydrogens (tertiary/aromatic N) is 4. The summed E-state index contributed by atoms with van der Waals surface area (Å²) in [5, 5.41) is 28.1. The molecule has 1 saturated heterocycles. The normalized spacial score (nSPS) is 22.8. The van der Waals surface area contributed by atoms with Crippen molar-refractivity contribution in [3.05, 3.63) is 58.5 Å². The van der Waals surface area contributed by atoms with Gasteiger partial charge in [-0.3, -0.25) is 4.68 Å². The van der Waals surface area contributed by atoms with E-state index in [9.17, 15) is 14.3 Å². The Morgan fingerprint density at radius 1 is 1.34 bits per heavy atom. The summed E-state index contributed by atoms with van der Waals surface area (Å²) in [7, 11) is 0. The molecule has 2 aromatic carbocycles. The topological polar surface area (TPSA) is 94.2 Å². The molecule has 0 saturated carbocycles. The Morgan fingerprint density at radius 2 is 2.03 bits per heavy atom. The number of urea groups is 1. The van der Waals surface area contributed by atoms with Crippen molar-refractivity contribution in [3.63, 3.8) is 0 Å². The van der Waals surface area contributed by atoms with Gasteiger partial charge in [-0.25, -0.2) is 9.18 Å². The van der Waals surface area contributed by atoms with Gasteiger partial charge >= 0.3 is 6.03 Å². The van der Waals surface area contributed by atoms with Gasteiger partial charge in [-0.2, -0.15) is 10.4 Å². The van der Waals surface area contributed by atoms with Crippen molar-refractivity contribution >= 4 is 34.2 Å². The van der Waals surface area contributed by atoms with Gasteiger partial charge in [0.05, 0.1) is 33.9 Å². The number of carbonyl (C=O) groups excluding carboxylic acids is 1. The zero-order valence-corrected chi connectivity index (χ0v) is 18.1. The molecular weight excluding hydrogens is 433 g/mol. The molecule has 2 aliphatic rings. The van der Waals surface area contributed by atoms with Crippen LogP contribution in [0.5, 0.6) is 0 Å². The maximum Gasteiger partial charge on any atom is 0.321 e. The molecule has 3 heterocycles. The lowest BCUT2D eigenvalue weighted by molar-refractivity contribution is -0.0125. The zero-order valence-electron chi connectivity index (χ0n) is 17.3. The molecule has 1 fully saturated rings. The van der Waals surface area contributed by atoms with E-state index in [-0.39, 0.29) is 22.5 Å². The molecule has 164 valence electrons. The molecule has 3 aromatic rings. The van der Waals surface area contributed by atoms with Crippen LogP contribution in [0.2, 0.25) is 5.02 Å². The minimum absolute atomic E-state index is 0.00913. The average molecular weight is 454 g/mol. The van der Waals surface area contributed by atoms with Gasteiger partial charge in [0.15, 0.2) is 0 Å². The van der Waals surface area contributed by atoms with Gasteiger partial charge in [0.1, 0.15) is 11.9 Å². The van der Waals surface area contributed by atoms with Gasteiger partial charge in [-0.05, 0) is 56.0 Å². The Hall–Kier alpha value is -3.15. The van der Waals surface area contributed by atoms with E-state index < -0.39 is 17.5 Å². The number of amides is 2. The van der Waals surface area contributed by atoms with Gasteiger partial charge in [-0.1, -0.05) is 11.6 Å². The molecule has 1 unspecified atom stereocenters. The average Bonchev–Trinajstić information content (AvgIpc) is 3.32. The lowest BCUT2D eigenvalue weighted by Gasteiger charge is -2.42. The van der Waals surface area contributed by atoms with Crippen molar-refractivity contribution in [3.8, 4) is 6.07 Å². The van der Waals surface area contributed by atoms with Crippen LogP contribution in [0.3, 0.4) is 0 Å². The van der Waals surface area contributed by atoms with Crippen LogP contribution in [-0.2, 0) is 5.54 Å². The number of carbonyl (C=O) groups is 1. The monoisotopic (exact) mass is 453 g/mol. The van der Waals surface area contributed by atoms with Crippen LogP contribution >= 0.6 is 11.6 Å². The van der Waals surface area contributed by atoms with Crippen molar-refractivity contribution in [2.24, 2.45) is 5.92 Å². The van der Waals surface area contributed by atoms with Gasteiger partial charge in [0.25, 0.3) is 0 Å². The Labute approximate surface area is 189 Å². The standard InChI is InChI=1S/C23H21ClFN5O2/c1-23(21(31)18-19(25)17(24)10-14-12-27-30(23)20(14)18)15-6-8-29(9-7-15)22(32)28-16-4-2-13(11-26)3-5-16/h2-5,10,12,15,21,31H,6-9H2,1H3,(H,28,32)/t21-,23?/m1/s1. The summed E-state index contributed by atoms with van der Waals surface area (Å²) in [5.74, 6) is -0.610. The maximum atomic E-state index is 14.8. The van der Waals surface area contributed by atoms with Crippen LogP contribution in [0, 0.1) is 23.1 Å². The van der Waals surface area contributed by atoms with E-state index in [1.165, 1.54) is 6.07 Å². The molecule has 0 aliphatic carbocycles. The highest BCUT2D eigenvalue weighted by Gasteiger charge is 2.52. The molecule has 0 radical (unpaired) electrons. The first-order valence-electron chi connectivity index (χ1n) is 10.4. The summed E-state index contributed by atoms with van der Waals surface area (Å²) >= 11 is 6.04. The van der Waals surface area contributed by atoms with E-state index in [1.807, 2.05) is 13.0 Å². The van der Waals surface area contributed by atoms with E-state index in [2.05, 4.69) is 10.4 Å². The van der Waals surface area contributed by atoms with Crippen molar-refractivity contribution < 1.29 is 14.3 Å². The number of nitrogens with one attached hydrogen (secondary N) is 1. The summed E-state index contributed by atoms with van der Waals surface area (Å²) in [6, 6.07) is 10.1. The Balaban J connectivity index is 1.32. The van der Waals surface area contributed by atoms with Crippen molar-refractivity contribution in [2.75, 3.05) is 18.4 Å². The predicted octanol–water partition coefficient (Wildman–Crippen LogP) is 4.41. The van der Waals surface area contributed by atoms with Gasteiger partial charge in [0, 0.05) is 29.7 Å². The number of anilines is 1. The quantitative estimate of drug-likeness (QED) is 0.601. The highest BCUT2D eigenvalue weighted by molar-refractivity contribution is 6.31. The molecule has 2 aliphatic heterocycles. The first-order valence-corrected chi connectivity index (χ1v) is 10.8. The number of benzene rings is 2. The van der Waals surface area contributed by atoms with Crippen LogP contribution in [0.1, 0.15) is 37.0 Å². The maximum absolute atomic E-state index is 14.8. The summed E-state index contributed by atoms with van der Waals surface area (Å²) in [6.07, 6.45) is 1.85. The first-order chi connectivity index (χ1) is 15.3. The molecule has 2 N–H and O–H groups in total. The highest BCUT2D eigenvalue weighted by atomic mass is 35.5. The number of nitriles is 1. The lowest BCUT2D eigenvalue weighted by atomic mass is 9.75. The molecule has 5 rings (SSSR count). The Bertz CT molecular complexity index is 1260. The second kappa shape index (κ2) is 7.47. The molecule has 2 amide bonds. The number of aromatic nitrogens is 2. The first kappa shape index (κ1) is 20.7. The van der Waals surface area contributed by atoms with E-state index >= 15 is 0 Å². The SMILES string of the molecule is CC1(C2CCN(C(=O)Nc3ccc(C#N)cc3)CC2)[C@H](O)c2c(F)c(Cl)cc3cnn1c23. The van der Waals surface area contributed by atoms with Crippen LogP contribution in [-0.4, -0.2) is 38.9 Å². The Morgan fingerprint density at radius 3 is 2.69 bits per heavy atom. The third-order valence-corrected chi connectivity index (χ3v) is 7.21. The fourth-order valence-electron chi connectivity index (χ4n) is 5.09. The highest BCUT2D eigenvalue weighted by Crippen LogP contribution is 2.52. The predicted molar refractivity (Wildman–Crippen MR) is 118 cm³/mol. The van der Waals surface area contributed by atoms with E-state index in [1.54, 1.807) is 40.0 Å². The number of likely N-dealkylation sites (tertiary alicyclic amines) is 1. The largest absolute Gasteiger partial charge is 0.386 e. The number of aliphatic hydroxyl groups excluding tert-OH is 1. The second-order valence-electron chi connectivity index (χ2n) is 8.59. The number of hydrogen-bond acceptors (Lipinski definition) is 4. The molecule has 32 heavy (non-hydrogen) atoms. The third-order valence-electron chi connectivity index (χ3n) is 6.94. The van der Waals surface area contributed by atoms with Crippen LogP contribution in [0.15, 0.2) is 36.5 Å².